The van der Waals surface area contributed by atoms with Gasteiger partial charge < -0.3 is 21.1 Å². The predicted molar refractivity (Wildman–Crippen MR) is 158 cm³/mol. The smallest absolute Gasteiger partial charge is 0.350 e. The van der Waals surface area contributed by atoms with Gasteiger partial charge >= 0.3 is 11.6 Å². The Morgan fingerprint density at radius 2 is 1.93 bits per heavy atom. The molecule has 226 valence electrons. The Balaban J connectivity index is 1.33. The van der Waals surface area contributed by atoms with E-state index in [0.29, 0.717) is 29.5 Å². The number of nitrogens with two attached hydrogens (primary N) is 1. The Morgan fingerprint density at radius 3 is 2.58 bits per heavy atom. The molecule has 0 aliphatic rings. The summed E-state index contributed by atoms with van der Waals surface area (Å²) in [6.07, 6.45) is 3.68. The van der Waals surface area contributed by atoms with Crippen LogP contribution in [-0.2, 0) is 16.6 Å². The van der Waals surface area contributed by atoms with Crippen molar-refractivity contribution in [2.45, 2.75) is 24.3 Å². The summed E-state index contributed by atoms with van der Waals surface area (Å²) in [4.78, 5) is 30.7. The summed E-state index contributed by atoms with van der Waals surface area (Å²) >= 11 is 3.31. The zero-order valence-electron chi connectivity index (χ0n) is 22.5. The van der Waals surface area contributed by atoms with Crippen LogP contribution in [0.15, 0.2) is 64.2 Å². The second-order valence-corrected chi connectivity index (χ2v) is 11.5. The minimum absolute atomic E-state index is 0.0367. The lowest BCUT2D eigenvalue weighted by molar-refractivity contribution is -0.385. The molecule has 0 bridgehead atoms. The molecule has 43 heavy (non-hydrogen) atoms. The molecule has 5 N–H and O–H groups in total. The Kier molecular flexibility index (Phi) is 9.84. The molecule has 18 heteroatoms. The number of aromatic nitrogens is 4. The fourth-order valence-electron chi connectivity index (χ4n) is 3.83. The summed E-state index contributed by atoms with van der Waals surface area (Å²) in [7, 11) is -2.51. The number of halogens is 2. The van der Waals surface area contributed by atoms with Gasteiger partial charge in [-0.15, -0.1) is 5.10 Å². The Morgan fingerprint density at radius 1 is 1.19 bits per heavy atom. The molecule has 0 radical (unpaired) electrons. The van der Waals surface area contributed by atoms with Crippen LogP contribution in [0.25, 0.3) is 0 Å². The zero-order valence-corrected chi connectivity index (χ0v) is 24.9. The summed E-state index contributed by atoms with van der Waals surface area (Å²) in [5.74, 6) is -1.46. The SMILES string of the molecule is COc1nn(CCCCNS(=O)(=O)c2ccc(Nc3ncc(Br)c(Nc4cccc(F)c4C(N)=O)n3)cc2)cc1[N+](=O)[O-]. The molecule has 15 nitrogen and oxygen atoms in total. The van der Waals surface area contributed by atoms with Crippen LogP contribution >= 0.6 is 15.9 Å². The fourth-order valence-corrected chi connectivity index (χ4v) is 5.20. The molecule has 0 saturated carbocycles. The maximum atomic E-state index is 14.1. The van der Waals surface area contributed by atoms with Crippen LogP contribution in [0.5, 0.6) is 5.88 Å². The average molecular weight is 679 g/mol. The lowest BCUT2D eigenvalue weighted by Crippen LogP contribution is -2.25. The summed E-state index contributed by atoms with van der Waals surface area (Å²) in [5.41, 5.74) is 5.35. The molecule has 0 aliphatic heterocycles. The van der Waals surface area contributed by atoms with Crippen molar-refractivity contribution in [3.05, 3.63) is 80.8 Å². The van der Waals surface area contributed by atoms with E-state index in [1.54, 1.807) is 0 Å². The Hall–Kier alpha value is -4.68. The molecule has 0 aliphatic carbocycles. The highest BCUT2D eigenvalue weighted by Gasteiger charge is 2.20. The van der Waals surface area contributed by atoms with Gasteiger partial charge in [0.15, 0.2) is 0 Å². The van der Waals surface area contributed by atoms with E-state index in [-0.39, 0.29) is 46.0 Å². The lowest BCUT2D eigenvalue weighted by Gasteiger charge is -2.13. The first kappa shape index (κ1) is 31.3. The molecule has 0 saturated heterocycles. The highest BCUT2D eigenvalue weighted by Crippen LogP contribution is 2.28. The highest BCUT2D eigenvalue weighted by atomic mass is 79.9. The molecule has 0 unspecified atom stereocenters. The summed E-state index contributed by atoms with van der Waals surface area (Å²) in [6, 6.07) is 9.88. The average Bonchev–Trinajstić information content (AvgIpc) is 3.38. The number of benzene rings is 2. The topological polar surface area (TPSA) is 209 Å². The van der Waals surface area contributed by atoms with Crippen LogP contribution in [0.1, 0.15) is 23.2 Å². The van der Waals surface area contributed by atoms with Crippen molar-refractivity contribution in [3.63, 3.8) is 0 Å². The van der Waals surface area contributed by atoms with Crippen LogP contribution in [0.3, 0.4) is 0 Å². The Bertz CT molecular complexity index is 1750. The molecular formula is C25H25BrFN9O6S. The van der Waals surface area contributed by atoms with Crippen molar-refractivity contribution in [2.75, 3.05) is 24.3 Å². The number of aryl methyl sites for hydroxylation is 1. The minimum Gasteiger partial charge on any atom is -0.475 e. The number of nitro groups is 1. The first-order valence-electron chi connectivity index (χ1n) is 12.5. The molecule has 2 aromatic carbocycles. The zero-order chi connectivity index (χ0) is 31.1. The monoisotopic (exact) mass is 677 g/mol. The Labute approximate surface area is 253 Å². The molecule has 0 fully saturated rings. The van der Waals surface area contributed by atoms with Crippen molar-refractivity contribution in [1.29, 1.82) is 0 Å². The van der Waals surface area contributed by atoms with Crippen molar-refractivity contribution in [2.24, 2.45) is 5.73 Å². The van der Waals surface area contributed by atoms with Crippen molar-refractivity contribution in [3.8, 4) is 5.88 Å². The molecule has 2 heterocycles. The second-order valence-electron chi connectivity index (χ2n) is 8.84. The standard InChI is InChI=1S/C25H25BrFN9O6S/c1-42-24-20(36(38)39)14-35(34-24)12-3-2-11-30-43(40,41)16-9-7-15(8-10-16)31-25-29-13-17(26)23(33-25)32-19-6-4-5-18(27)21(19)22(28)37/h4-10,13-14,30H,2-3,11-12H2,1H3,(H2,28,37)(H2,29,31,32,33). The summed E-state index contributed by atoms with van der Waals surface area (Å²) in [6.45, 7) is 0.490. The largest absolute Gasteiger partial charge is 0.475 e. The molecule has 4 rings (SSSR count). The number of nitrogens with zero attached hydrogens (tertiary/aromatic N) is 5. The van der Waals surface area contributed by atoms with Crippen LogP contribution in [0, 0.1) is 15.9 Å². The van der Waals surface area contributed by atoms with Crippen LogP contribution in [-0.4, -0.2) is 52.7 Å². The van der Waals surface area contributed by atoms with Crippen molar-refractivity contribution >= 4 is 60.7 Å². The predicted octanol–water partition coefficient (Wildman–Crippen LogP) is 3.84. The van der Waals surface area contributed by atoms with Gasteiger partial charge in [-0.3, -0.25) is 19.6 Å². The minimum atomic E-state index is -3.80. The second kappa shape index (κ2) is 13.5. The number of anilines is 4. The maximum absolute atomic E-state index is 14.1. The van der Waals surface area contributed by atoms with Gasteiger partial charge in [0.05, 0.1) is 32.7 Å². The molecule has 1 amide bonds. The van der Waals surface area contributed by atoms with E-state index in [4.69, 9.17) is 10.5 Å². The number of hydrogen-bond donors (Lipinski definition) is 4. The number of ether oxygens (including phenoxy) is 1. The van der Waals surface area contributed by atoms with E-state index in [9.17, 15) is 27.7 Å². The lowest BCUT2D eigenvalue weighted by atomic mass is 10.1. The van der Waals surface area contributed by atoms with Crippen LogP contribution < -0.4 is 25.8 Å². The van der Waals surface area contributed by atoms with E-state index in [1.807, 2.05) is 0 Å². The molecule has 2 aromatic heterocycles. The first-order chi connectivity index (χ1) is 20.5. The van der Waals surface area contributed by atoms with Gasteiger partial charge in [-0.1, -0.05) is 6.07 Å². The normalized spacial score (nSPS) is 11.2. The van der Waals surface area contributed by atoms with Gasteiger partial charge in [0.2, 0.25) is 16.0 Å². The van der Waals surface area contributed by atoms with E-state index < -0.39 is 26.7 Å². The quantitative estimate of drug-likeness (QED) is 0.0856. The molecule has 0 atom stereocenters. The van der Waals surface area contributed by atoms with Gasteiger partial charge in [-0.25, -0.2) is 22.5 Å². The van der Waals surface area contributed by atoms with E-state index >= 15 is 0 Å². The number of primary amides is 1. The number of nitrogens with one attached hydrogen (secondary N) is 3. The fraction of sp³-hybridized carbons (Fsp3) is 0.200. The number of sulfonamides is 1. The number of rotatable bonds is 14. The number of carbonyl (C=O) groups excluding carboxylic acids is 1. The third-order valence-electron chi connectivity index (χ3n) is 5.88. The third kappa shape index (κ3) is 7.79. The van der Waals surface area contributed by atoms with Gasteiger partial charge in [0.1, 0.15) is 17.8 Å². The van der Waals surface area contributed by atoms with Gasteiger partial charge in [-0.05, 0) is 65.2 Å². The van der Waals surface area contributed by atoms with E-state index in [0.717, 1.165) is 6.07 Å². The van der Waals surface area contributed by atoms with Crippen LogP contribution in [0.4, 0.5) is 33.2 Å². The number of amides is 1. The van der Waals surface area contributed by atoms with Gasteiger partial charge in [-0.2, -0.15) is 4.98 Å². The van der Waals surface area contributed by atoms with Gasteiger partial charge in [0, 0.05) is 25.0 Å². The first-order valence-corrected chi connectivity index (χ1v) is 14.8. The molecule has 4 aromatic rings. The summed E-state index contributed by atoms with van der Waals surface area (Å²) in [5, 5.41) is 20.8. The van der Waals surface area contributed by atoms with Gasteiger partial charge in [0.25, 0.3) is 5.91 Å². The number of carbonyl (C=O) groups is 1. The van der Waals surface area contributed by atoms with Crippen LogP contribution in [0.2, 0.25) is 0 Å². The number of hydrogen-bond acceptors (Lipinski definition) is 11. The third-order valence-corrected chi connectivity index (χ3v) is 7.94. The van der Waals surface area contributed by atoms with Crippen molar-refractivity contribution < 1.29 is 27.3 Å². The maximum Gasteiger partial charge on any atom is 0.350 e. The summed E-state index contributed by atoms with van der Waals surface area (Å²) < 4.78 is 48.8. The molecular weight excluding hydrogens is 653 g/mol. The highest BCUT2D eigenvalue weighted by molar-refractivity contribution is 9.10. The van der Waals surface area contributed by atoms with Crippen molar-refractivity contribution in [1.82, 2.24) is 24.5 Å². The van der Waals surface area contributed by atoms with E-state index in [2.05, 4.69) is 46.4 Å². The molecule has 0 spiro atoms. The number of methoxy groups -OCH3 is 1. The number of unbranched alkanes of at least 4 members (excludes halogenated alkanes) is 1. The van der Waals surface area contributed by atoms with E-state index in [1.165, 1.54) is 60.6 Å².